The largest absolute Gasteiger partial charge is 0.291 e. The van der Waals surface area contributed by atoms with E-state index in [1.54, 1.807) is 0 Å². The highest BCUT2D eigenvalue weighted by molar-refractivity contribution is 9.09. The Morgan fingerprint density at radius 2 is 2.50 bits per heavy atom. The number of hydrogen-bond donors (Lipinski definition) is 0. The molecule has 0 radical (unpaired) electrons. The summed E-state index contributed by atoms with van der Waals surface area (Å²) >= 11 is 3.59. The fourth-order valence-corrected chi connectivity index (χ4v) is 1.96. The molecule has 0 aliphatic carbocycles. The van der Waals surface area contributed by atoms with Crippen molar-refractivity contribution < 1.29 is 0 Å². The van der Waals surface area contributed by atoms with Crippen molar-refractivity contribution in [1.29, 1.82) is 0 Å². The van der Waals surface area contributed by atoms with E-state index >= 15 is 0 Å². The quantitative estimate of drug-likeness (QED) is 0.437. The lowest BCUT2D eigenvalue weighted by Gasteiger charge is -2.15. The van der Waals surface area contributed by atoms with Crippen LogP contribution in [0.4, 0.5) is 0 Å². The van der Waals surface area contributed by atoms with Crippen molar-refractivity contribution in [3.8, 4) is 0 Å². The smallest absolute Gasteiger partial charge is 0.0656 e. The van der Waals surface area contributed by atoms with E-state index in [0.29, 0.717) is 4.95 Å². The second-order valence-corrected chi connectivity index (χ2v) is 3.26. The molecule has 1 unspecified atom stereocenters. The molecule has 1 nitrogen and oxygen atoms in total. The molecule has 1 fully saturated rings. The fourth-order valence-electron chi connectivity index (χ4n) is 1.14. The maximum atomic E-state index is 3.59. The van der Waals surface area contributed by atoms with Gasteiger partial charge in [0.1, 0.15) is 0 Å². The molecule has 0 saturated carbocycles. The molecule has 0 aromatic carbocycles. The summed E-state index contributed by atoms with van der Waals surface area (Å²) in [4.78, 5) is 3.12. The molecule has 1 aliphatic heterocycles. The first kappa shape index (κ1) is 6.56. The molecule has 0 aromatic heterocycles. The Morgan fingerprint density at radius 1 is 1.75 bits per heavy atom. The lowest BCUT2D eigenvalue weighted by Crippen LogP contribution is -2.23. The van der Waals surface area contributed by atoms with Gasteiger partial charge in [0.15, 0.2) is 0 Å². The van der Waals surface area contributed by atoms with E-state index in [1.165, 1.54) is 25.9 Å². The van der Waals surface area contributed by atoms with Crippen molar-refractivity contribution in [2.24, 2.45) is 0 Å². The molecular weight excluding hydrogens is 166 g/mol. The number of alkyl halides is 1. The predicted octanol–water partition coefficient (Wildman–Crippen LogP) is 1.82. The zero-order valence-corrected chi connectivity index (χ0v) is 6.82. The van der Waals surface area contributed by atoms with Crippen LogP contribution in [-0.4, -0.2) is 22.9 Å². The Balaban J connectivity index is 2.30. The van der Waals surface area contributed by atoms with Crippen LogP contribution in [0.3, 0.4) is 0 Å². The molecule has 1 heterocycles. The van der Waals surface area contributed by atoms with Gasteiger partial charge in [0.25, 0.3) is 0 Å². The molecule has 0 aromatic rings. The zero-order chi connectivity index (χ0) is 5.98. The zero-order valence-electron chi connectivity index (χ0n) is 5.23. The van der Waals surface area contributed by atoms with Crippen LogP contribution in [-0.2, 0) is 0 Å². The van der Waals surface area contributed by atoms with Gasteiger partial charge in [-0.25, -0.2) is 0 Å². The Labute approximate surface area is 59.2 Å². The van der Waals surface area contributed by atoms with E-state index in [0.717, 1.165) is 0 Å². The van der Waals surface area contributed by atoms with Crippen molar-refractivity contribution in [3.63, 3.8) is 0 Å². The Kier molecular flexibility index (Phi) is 2.32. The van der Waals surface area contributed by atoms with E-state index in [9.17, 15) is 0 Å². The molecule has 0 amide bonds. The highest BCUT2D eigenvalue weighted by Gasteiger charge is 2.18. The summed E-state index contributed by atoms with van der Waals surface area (Å²) in [7, 11) is 0. The SMILES string of the molecule is CCN1CCCC1Br. The average Bonchev–Trinajstić information content (AvgIpc) is 2.14. The summed E-state index contributed by atoms with van der Waals surface area (Å²) in [6.45, 7) is 4.68. The molecule has 48 valence electrons. The van der Waals surface area contributed by atoms with Gasteiger partial charge in [0, 0.05) is 0 Å². The van der Waals surface area contributed by atoms with E-state index < -0.39 is 0 Å². The number of likely N-dealkylation sites (tertiary alicyclic amines) is 1. The summed E-state index contributed by atoms with van der Waals surface area (Å²) in [5, 5.41) is 0. The van der Waals surface area contributed by atoms with Gasteiger partial charge in [0.05, 0.1) is 4.95 Å². The van der Waals surface area contributed by atoms with Crippen molar-refractivity contribution in [2.45, 2.75) is 24.7 Å². The van der Waals surface area contributed by atoms with Crippen molar-refractivity contribution in [1.82, 2.24) is 4.90 Å². The summed E-state index contributed by atoms with van der Waals surface area (Å²) in [5.41, 5.74) is 0. The van der Waals surface area contributed by atoms with Crippen LogP contribution in [0, 0.1) is 0 Å². The maximum Gasteiger partial charge on any atom is 0.0656 e. The van der Waals surface area contributed by atoms with Gasteiger partial charge in [-0.15, -0.1) is 0 Å². The van der Waals surface area contributed by atoms with Crippen molar-refractivity contribution in [2.75, 3.05) is 13.1 Å². The number of nitrogens with zero attached hydrogens (tertiary/aromatic N) is 1. The fraction of sp³-hybridized carbons (Fsp3) is 1.00. The van der Waals surface area contributed by atoms with Gasteiger partial charge in [-0.05, 0) is 25.9 Å². The van der Waals surface area contributed by atoms with Crippen molar-refractivity contribution >= 4 is 15.9 Å². The molecule has 2 heteroatoms. The average molecular weight is 178 g/mol. The first-order chi connectivity index (χ1) is 3.84. The molecule has 8 heavy (non-hydrogen) atoms. The van der Waals surface area contributed by atoms with Gasteiger partial charge in [-0.2, -0.15) is 0 Å². The molecule has 1 aliphatic rings. The number of rotatable bonds is 1. The van der Waals surface area contributed by atoms with Crippen LogP contribution < -0.4 is 0 Å². The van der Waals surface area contributed by atoms with E-state index in [1.807, 2.05) is 0 Å². The monoisotopic (exact) mass is 177 g/mol. The van der Waals surface area contributed by atoms with Gasteiger partial charge >= 0.3 is 0 Å². The second-order valence-electron chi connectivity index (χ2n) is 2.21. The highest BCUT2D eigenvalue weighted by Crippen LogP contribution is 2.20. The van der Waals surface area contributed by atoms with Crippen LogP contribution in [0.5, 0.6) is 0 Å². The maximum absolute atomic E-state index is 3.59. The summed E-state index contributed by atoms with van der Waals surface area (Å²) in [6, 6.07) is 0. The molecule has 0 spiro atoms. The predicted molar refractivity (Wildman–Crippen MR) is 39.2 cm³/mol. The Morgan fingerprint density at radius 3 is 2.75 bits per heavy atom. The van der Waals surface area contributed by atoms with Crippen molar-refractivity contribution in [3.05, 3.63) is 0 Å². The lowest BCUT2D eigenvalue weighted by molar-refractivity contribution is 0.340. The third-order valence-electron chi connectivity index (χ3n) is 1.69. The minimum atomic E-state index is 0.674. The van der Waals surface area contributed by atoms with Crippen LogP contribution in [0.15, 0.2) is 0 Å². The molecule has 1 saturated heterocycles. The first-order valence-electron chi connectivity index (χ1n) is 3.22. The van der Waals surface area contributed by atoms with E-state index in [2.05, 4.69) is 27.8 Å². The number of halogens is 1. The van der Waals surface area contributed by atoms with Gasteiger partial charge < -0.3 is 0 Å². The van der Waals surface area contributed by atoms with Gasteiger partial charge in [-0.1, -0.05) is 22.9 Å². The molecule has 1 rings (SSSR count). The van der Waals surface area contributed by atoms with Crippen LogP contribution in [0.25, 0.3) is 0 Å². The van der Waals surface area contributed by atoms with Gasteiger partial charge in [0.2, 0.25) is 0 Å². The second kappa shape index (κ2) is 2.83. The van der Waals surface area contributed by atoms with Crippen LogP contribution in [0.1, 0.15) is 19.8 Å². The van der Waals surface area contributed by atoms with Crippen LogP contribution >= 0.6 is 15.9 Å². The molecule has 0 bridgehead atoms. The van der Waals surface area contributed by atoms with Crippen LogP contribution in [0.2, 0.25) is 0 Å². The minimum absolute atomic E-state index is 0.674. The Hall–Kier alpha value is 0.440. The molecule has 0 N–H and O–H groups in total. The topological polar surface area (TPSA) is 3.24 Å². The van der Waals surface area contributed by atoms with E-state index in [-0.39, 0.29) is 0 Å². The summed E-state index contributed by atoms with van der Waals surface area (Å²) in [5.74, 6) is 0. The van der Waals surface area contributed by atoms with Gasteiger partial charge in [-0.3, -0.25) is 4.90 Å². The highest BCUT2D eigenvalue weighted by atomic mass is 79.9. The normalized spacial score (nSPS) is 31.5. The third kappa shape index (κ3) is 1.23. The third-order valence-corrected chi connectivity index (χ3v) is 2.73. The Bertz CT molecular complexity index is 74.9. The first-order valence-corrected chi connectivity index (χ1v) is 4.14. The number of hydrogen-bond acceptors (Lipinski definition) is 1. The standard InChI is InChI=1S/C6H12BrN/c1-2-8-5-3-4-6(8)7/h6H,2-5H2,1H3. The molecular formula is C6H12BrN. The molecule has 1 atom stereocenters. The minimum Gasteiger partial charge on any atom is -0.291 e. The summed E-state index contributed by atoms with van der Waals surface area (Å²) < 4.78 is 0. The van der Waals surface area contributed by atoms with E-state index in [4.69, 9.17) is 0 Å². The summed E-state index contributed by atoms with van der Waals surface area (Å²) in [6.07, 6.45) is 2.69. The lowest BCUT2D eigenvalue weighted by atomic mass is 10.4.